The van der Waals surface area contributed by atoms with E-state index in [4.69, 9.17) is 9.15 Å². The third-order valence-corrected chi connectivity index (χ3v) is 7.59. The lowest BCUT2D eigenvalue weighted by atomic mass is 10.1. The van der Waals surface area contributed by atoms with Crippen LogP contribution in [0.2, 0.25) is 0 Å². The van der Waals surface area contributed by atoms with Crippen LogP contribution in [-0.2, 0) is 12.8 Å². The second kappa shape index (κ2) is 9.22. The topological polar surface area (TPSA) is 86.5 Å². The highest BCUT2D eigenvalue weighted by atomic mass is 19.1. The van der Waals surface area contributed by atoms with Gasteiger partial charge >= 0.3 is 0 Å². The number of fused-ring (bicyclic) bond motifs is 3. The van der Waals surface area contributed by atoms with Crippen LogP contribution in [0.3, 0.4) is 0 Å². The Hall–Kier alpha value is -4.30. The number of anilines is 3. The third kappa shape index (κ3) is 3.97. The van der Waals surface area contributed by atoms with Gasteiger partial charge in [-0.05, 0) is 54.7 Å². The number of pyridine rings is 1. The summed E-state index contributed by atoms with van der Waals surface area (Å²) in [5.41, 5.74) is 6.73. The molecule has 0 bridgehead atoms. The summed E-state index contributed by atoms with van der Waals surface area (Å²) in [6.45, 7) is 1.14. The van der Waals surface area contributed by atoms with Crippen LogP contribution in [0.15, 0.2) is 77.9 Å². The van der Waals surface area contributed by atoms with E-state index in [0.29, 0.717) is 42.3 Å². The number of hydrogen-bond acceptors (Lipinski definition) is 6. The summed E-state index contributed by atoms with van der Waals surface area (Å²) in [6.07, 6.45) is 8.28. The van der Waals surface area contributed by atoms with Crippen molar-refractivity contribution in [2.24, 2.45) is 0 Å². The van der Waals surface area contributed by atoms with Crippen molar-refractivity contribution >= 4 is 28.0 Å². The van der Waals surface area contributed by atoms with Crippen LogP contribution in [-0.4, -0.2) is 28.2 Å². The summed E-state index contributed by atoms with van der Waals surface area (Å²) >= 11 is 0. The predicted molar refractivity (Wildman–Crippen MR) is 143 cm³/mol. The average Bonchev–Trinajstić information content (AvgIpc) is 3.68. The molecule has 192 valence electrons. The number of furan rings is 1. The van der Waals surface area contributed by atoms with Crippen molar-refractivity contribution in [3.05, 3.63) is 102 Å². The molecule has 4 heterocycles. The molecule has 2 unspecified atom stereocenters. The van der Waals surface area contributed by atoms with Crippen molar-refractivity contribution in [1.29, 1.82) is 0 Å². The minimum atomic E-state index is -0.559. The summed E-state index contributed by atoms with van der Waals surface area (Å²) in [4.78, 5) is 9.73. The maximum absolute atomic E-state index is 15.8. The van der Waals surface area contributed by atoms with Crippen LogP contribution in [0, 0.1) is 5.82 Å². The largest absolute Gasteiger partial charge is 0.481 e. The lowest BCUT2D eigenvalue weighted by Gasteiger charge is -2.36. The zero-order chi connectivity index (χ0) is 25.6. The first kappa shape index (κ1) is 22.9. The minimum absolute atomic E-state index is 0.292. The normalized spacial score (nSPS) is 18.3. The standard InChI is InChI=1S/C30H27FN4O3/c31-23-13-20(34-25-7-10-32-29-22(25)5-6-26(29)36)14-27-30(23)35(16-28(38-27)19-9-12-37-17-19)11-8-18-15-33-24-4-2-1-3-21(18)24/h1-4,7,9-10,12-15,17,26,28,33,36H,5-6,8,11,16H2,(H,32,34). The number of aromatic nitrogens is 2. The number of rotatable bonds is 6. The fourth-order valence-corrected chi connectivity index (χ4v) is 5.70. The molecule has 0 spiro atoms. The molecule has 7 rings (SSSR count). The SMILES string of the molecule is OC1CCc2c(Nc3cc(F)c4c(c3)OC(c3ccoc3)CN4CCc3c[nH]c4ccccc34)ccnc21. The van der Waals surface area contributed by atoms with E-state index in [1.807, 2.05) is 36.5 Å². The van der Waals surface area contributed by atoms with E-state index in [-0.39, 0.29) is 11.9 Å². The van der Waals surface area contributed by atoms with E-state index in [2.05, 4.69) is 32.3 Å². The average molecular weight is 511 g/mol. The summed E-state index contributed by atoms with van der Waals surface area (Å²) in [6, 6.07) is 15.3. The number of benzene rings is 2. The Morgan fingerprint density at radius 2 is 2.11 bits per heavy atom. The van der Waals surface area contributed by atoms with Gasteiger partial charge in [-0.3, -0.25) is 4.98 Å². The molecule has 5 aromatic rings. The molecule has 0 saturated heterocycles. The second-order valence-corrected chi connectivity index (χ2v) is 9.93. The van der Waals surface area contributed by atoms with Gasteiger partial charge in [0.2, 0.25) is 0 Å². The van der Waals surface area contributed by atoms with Gasteiger partial charge in [-0.1, -0.05) is 18.2 Å². The zero-order valence-electron chi connectivity index (χ0n) is 20.7. The Morgan fingerprint density at radius 3 is 3.00 bits per heavy atom. The van der Waals surface area contributed by atoms with E-state index >= 15 is 4.39 Å². The number of aromatic amines is 1. The molecule has 3 N–H and O–H groups in total. The van der Waals surface area contributed by atoms with Crippen LogP contribution in [0.5, 0.6) is 5.75 Å². The Morgan fingerprint density at radius 1 is 1.18 bits per heavy atom. The molecule has 0 saturated carbocycles. The third-order valence-electron chi connectivity index (χ3n) is 7.59. The van der Waals surface area contributed by atoms with E-state index in [1.54, 1.807) is 18.7 Å². The molecule has 2 aliphatic rings. The second-order valence-electron chi connectivity index (χ2n) is 9.93. The van der Waals surface area contributed by atoms with Gasteiger partial charge in [0.15, 0.2) is 5.82 Å². The van der Waals surface area contributed by atoms with Crippen LogP contribution in [0.1, 0.15) is 41.0 Å². The number of nitrogens with one attached hydrogen (secondary N) is 2. The lowest BCUT2D eigenvalue weighted by molar-refractivity contribution is 0.176. The molecule has 1 aliphatic heterocycles. The van der Waals surface area contributed by atoms with Gasteiger partial charge in [0.25, 0.3) is 0 Å². The van der Waals surface area contributed by atoms with Crippen LogP contribution in [0.4, 0.5) is 21.5 Å². The fraction of sp³-hybridized carbons (Fsp3) is 0.233. The van der Waals surface area contributed by atoms with Gasteiger partial charge in [-0.25, -0.2) is 4.39 Å². The van der Waals surface area contributed by atoms with Gasteiger partial charge < -0.3 is 29.5 Å². The number of nitrogens with zero attached hydrogens (tertiary/aromatic N) is 2. The van der Waals surface area contributed by atoms with Crippen LogP contribution < -0.4 is 15.0 Å². The number of H-pyrrole nitrogens is 1. The monoisotopic (exact) mass is 510 g/mol. The molecule has 38 heavy (non-hydrogen) atoms. The fourth-order valence-electron chi connectivity index (χ4n) is 5.70. The molecule has 2 atom stereocenters. The molecule has 2 aromatic carbocycles. The van der Waals surface area contributed by atoms with Crippen molar-refractivity contribution in [2.45, 2.75) is 31.5 Å². The van der Waals surface area contributed by atoms with Gasteiger partial charge in [0.05, 0.1) is 30.9 Å². The number of ether oxygens (including phenoxy) is 1. The van der Waals surface area contributed by atoms with E-state index in [9.17, 15) is 5.11 Å². The quantitative estimate of drug-likeness (QED) is 0.252. The molecule has 0 fully saturated rings. The number of hydrogen-bond donors (Lipinski definition) is 3. The number of aliphatic hydroxyl groups excluding tert-OH is 1. The molecule has 0 amide bonds. The smallest absolute Gasteiger partial charge is 0.152 e. The lowest BCUT2D eigenvalue weighted by Crippen LogP contribution is -2.37. The van der Waals surface area contributed by atoms with Crippen LogP contribution in [0.25, 0.3) is 10.9 Å². The first-order valence-electron chi connectivity index (χ1n) is 12.9. The van der Waals surface area contributed by atoms with E-state index in [1.165, 1.54) is 17.0 Å². The maximum Gasteiger partial charge on any atom is 0.152 e. The first-order valence-corrected chi connectivity index (χ1v) is 12.9. The molecule has 7 nitrogen and oxygen atoms in total. The molecule has 8 heteroatoms. The number of aliphatic hydroxyl groups is 1. The van der Waals surface area contributed by atoms with Gasteiger partial charge in [-0.2, -0.15) is 0 Å². The molecule has 0 radical (unpaired) electrons. The molecule has 3 aromatic heterocycles. The highest BCUT2D eigenvalue weighted by Crippen LogP contribution is 2.43. The van der Waals surface area contributed by atoms with Gasteiger partial charge in [0.1, 0.15) is 17.5 Å². The van der Waals surface area contributed by atoms with E-state index in [0.717, 1.165) is 35.2 Å². The molecule has 1 aliphatic carbocycles. The Bertz CT molecular complexity index is 1610. The van der Waals surface area contributed by atoms with Crippen molar-refractivity contribution in [1.82, 2.24) is 9.97 Å². The van der Waals surface area contributed by atoms with Gasteiger partial charge in [0, 0.05) is 52.8 Å². The highest BCUT2D eigenvalue weighted by Gasteiger charge is 2.31. The number of para-hydroxylation sites is 1. The summed E-state index contributed by atoms with van der Waals surface area (Å²) in [7, 11) is 0. The van der Waals surface area contributed by atoms with Crippen molar-refractivity contribution < 1.29 is 18.7 Å². The van der Waals surface area contributed by atoms with Crippen molar-refractivity contribution in [3.63, 3.8) is 0 Å². The van der Waals surface area contributed by atoms with Gasteiger partial charge in [-0.15, -0.1) is 0 Å². The Labute approximate surface area is 218 Å². The predicted octanol–water partition coefficient (Wildman–Crippen LogP) is 6.20. The first-order chi connectivity index (χ1) is 18.6. The summed E-state index contributed by atoms with van der Waals surface area (Å²) in [5.74, 6) is 0.134. The van der Waals surface area contributed by atoms with Crippen LogP contribution >= 0.6 is 0 Å². The minimum Gasteiger partial charge on any atom is -0.481 e. The highest BCUT2D eigenvalue weighted by molar-refractivity contribution is 5.83. The Kier molecular flexibility index (Phi) is 5.55. The maximum atomic E-state index is 15.8. The zero-order valence-corrected chi connectivity index (χ0v) is 20.7. The summed E-state index contributed by atoms with van der Waals surface area (Å²) in [5, 5.41) is 14.7. The molecular weight excluding hydrogens is 483 g/mol. The van der Waals surface area contributed by atoms with Crippen molar-refractivity contribution in [2.75, 3.05) is 23.3 Å². The van der Waals surface area contributed by atoms with Crippen molar-refractivity contribution in [3.8, 4) is 5.75 Å². The van der Waals surface area contributed by atoms with E-state index < -0.39 is 6.10 Å². The Balaban J connectivity index is 1.21. The number of halogens is 1. The molecular formula is C30H27FN4O3. The summed E-state index contributed by atoms with van der Waals surface area (Å²) < 4.78 is 27.4.